The van der Waals surface area contributed by atoms with E-state index in [-0.39, 0.29) is 5.56 Å². The number of hydrogen-bond donors (Lipinski definition) is 2. The number of amides is 2. The van der Waals surface area contributed by atoms with Crippen molar-refractivity contribution in [3.63, 3.8) is 0 Å². The van der Waals surface area contributed by atoms with Crippen LogP contribution < -0.4 is 5.32 Å². The van der Waals surface area contributed by atoms with Gasteiger partial charge in [0.05, 0.1) is 0 Å². The predicted molar refractivity (Wildman–Crippen MR) is 110 cm³/mol. The number of carbonyl (C=O) groups excluding carboxylic acids is 2. The smallest absolute Gasteiger partial charge is 0.340 e. The van der Waals surface area contributed by atoms with E-state index in [1.165, 1.54) is 55.1 Å². The highest BCUT2D eigenvalue weighted by atomic mass is 32.2. The number of fused-ring (bicyclic) bond motifs is 1. The molecule has 2 N–H and O–H groups in total. The van der Waals surface area contributed by atoms with Gasteiger partial charge in [0.1, 0.15) is 17.2 Å². The second-order valence-electron chi connectivity index (χ2n) is 7.43. The lowest BCUT2D eigenvalue weighted by molar-refractivity contribution is -0.149. The van der Waals surface area contributed by atoms with E-state index in [2.05, 4.69) is 5.32 Å². The van der Waals surface area contributed by atoms with Crippen molar-refractivity contribution < 1.29 is 36.2 Å². The van der Waals surface area contributed by atoms with Crippen molar-refractivity contribution in [3.8, 4) is 0 Å². The van der Waals surface area contributed by atoms with Gasteiger partial charge < -0.3 is 19.3 Å². The van der Waals surface area contributed by atoms with Crippen molar-refractivity contribution in [2.24, 2.45) is 0 Å². The number of rotatable bonds is 7. The van der Waals surface area contributed by atoms with Gasteiger partial charge in [0.15, 0.2) is 5.25 Å². The number of nitrogens with one attached hydrogen (secondary N) is 1. The highest BCUT2D eigenvalue weighted by Gasteiger charge is 2.67. The van der Waals surface area contributed by atoms with E-state index in [0.29, 0.717) is 0 Å². The fraction of sp³-hybridized carbons (Fsp3) is 0.529. The summed E-state index contributed by atoms with van der Waals surface area (Å²) < 4.78 is 55.8. The Hall–Kier alpha value is -1.43. The fourth-order valence-electron chi connectivity index (χ4n) is 3.83. The van der Waals surface area contributed by atoms with Crippen molar-refractivity contribution in [2.45, 2.75) is 41.0 Å². The van der Waals surface area contributed by atoms with Gasteiger partial charge in [0.25, 0.3) is 10.1 Å². The molecule has 2 saturated heterocycles. The lowest BCUT2D eigenvalue weighted by Gasteiger charge is -2.45. The van der Waals surface area contributed by atoms with Gasteiger partial charge >= 0.3 is 7.60 Å². The summed E-state index contributed by atoms with van der Waals surface area (Å²) in [5.41, 5.74) is 0.0710. The van der Waals surface area contributed by atoms with Gasteiger partial charge in [-0.15, -0.1) is 11.8 Å². The second kappa shape index (κ2) is 7.92. The molecule has 2 fully saturated rings. The van der Waals surface area contributed by atoms with Gasteiger partial charge in [-0.05, 0) is 19.4 Å². The minimum atomic E-state index is -4.78. The van der Waals surface area contributed by atoms with Crippen LogP contribution in [0.2, 0.25) is 0 Å². The number of thioether (sulfide) groups is 1. The minimum absolute atomic E-state index is 0.0710. The molecular weight excluding hydrogens is 455 g/mol. The predicted octanol–water partition coefficient (Wildman–Crippen LogP) is 1.61. The van der Waals surface area contributed by atoms with Crippen LogP contribution >= 0.6 is 19.4 Å². The maximum Gasteiger partial charge on any atom is 0.353 e. The standard InChI is InChI=1S/C17H23N2O8PS2/c1-17(2)16(28(22,26-3)27-4)19-14(21)11(15(19)29-17)18-13(20)12(30(23,24)25)10-8-6-5-7-9-10/h5-9,11-12,15-16H,1-4H3,(H,18,20)(H,23,24,25)/t11?,12?,15-,16?/m0/s1. The monoisotopic (exact) mass is 478 g/mol. The summed E-state index contributed by atoms with van der Waals surface area (Å²) in [4.78, 5) is 26.9. The van der Waals surface area contributed by atoms with Crippen molar-refractivity contribution in [1.82, 2.24) is 10.2 Å². The maximum atomic E-state index is 13.0. The molecule has 166 valence electrons. The third-order valence-corrected chi connectivity index (χ3v) is 10.5. The van der Waals surface area contributed by atoms with Crippen LogP contribution in [0.4, 0.5) is 0 Å². The molecule has 0 aliphatic carbocycles. The van der Waals surface area contributed by atoms with Gasteiger partial charge in [0, 0.05) is 19.0 Å². The summed E-state index contributed by atoms with van der Waals surface area (Å²) in [6, 6.07) is 6.44. The van der Waals surface area contributed by atoms with Gasteiger partial charge in [-0.3, -0.25) is 18.7 Å². The average Bonchev–Trinajstić information content (AvgIpc) is 2.94. The summed E-state index contributed by atoms with van der Waals surface area (Å²) in [5, 5.41) is -0.0334. The number of benzene rings is 1. The number of hydrogen-bond acceptors (Lipinski definition) is 8. The van der Waals surface area contributed by atoms with Crippen LogP contribution in [0.5, 0.6) is 0 Å². The molecule has 2 amide bonds. The zero-order valence-electron chi connectivity index (χ0n) is 16.7. The summed E-state index contributed by atoms with van der Waals surface area (Å²) in [5.74, 6) is -2.43. The molecule has 1 aromatic rings. The van der Waals surface area contributed by atoms with E-state index < -0.39 is 56.7 Å². The Bertz CT molecular complexity index is 992. The second-order valence-corrected chi connectivity index (χ2v) is 13.0. The molecule has 13 heteroatoms. The van der Waals surface area contributed by atoms with Crippen LogP contribution in [0.3, 0.4) is 0 Å². The molecule has 2 heterocycles. The third-order valence-electron chi connectivity index (χ3n) is 5.13. The number of nitrogens with zero attached hydrogens (tertiary/aromatic N) is 1. The molecule has 2 aliphatic heterocycles. The first-order chi connectivity index (χ1) is 13.9. The van der Waals surface area contributed by atoms with Crippen LogP contribution in [0, 0.1) is 0 Å². The van der Waals surface area contributed by atoms with E-state index >= 15 is 0 Å². The Kier molecular flexibility index (Phi) is 6.14. The van der Waals surface area contributed by atoms with Crippen LogP contribution in [-0.2, 0) is 33.3 Å². The van der Waals surface area contributed by atoms with Crippen LogP contribution in [0.25, 0.3) is 0 Å². The molecular formula is C17H23N2O8PS2. The zero-order valence-corrected chi connectivity index (χ0v) is 19.2. The van der Waals surface area contributed by atoms with Gasteiger partial charge in [0.2, 0.25) is 11.8 Å². The summed E-state index contributed by atoms with van der Waals surface area (Å²) >= 11 is 1.30. The molecule has 30 heavy (non-hydrogen) atoms. The van der Waals surface area contributed by atoms with Crippen LogP contribution in [-0.4, -0.2) is 65.9 Å². The molecule has 0 radical (unpaired) electrons. The van der Waals surface area contributed by atoms with E-state index in [1.807, 2.05) is 0 Å². The van der Waals surface area contributed by atoms with Gasteiger partial charge in [-0.1, -0.05) is 30.3 Å². The molecule has 0 saturated carbocycles. The highest BCUT2D eigenvalue weighted by Crippen LogP contribution is 2.66. The maximum absolute atomic E-state index is 13.0. The highest BCUT2D eigenvalue weighted by molar-refractivity contribution is 8.02. The molecule has 0 bridgehead atoms. The topological polar surface area (TPSA) is 139 Å². The number of β-lactam (4-membered cyclic amide) rings is 1. The Morgan fingerprint density at radius 3 is 2.33 bits per heavy atom. The van der Waals surface area contributed by atoms with E-state index in [1.54, 1.807) is 19.9 Å². The largest absolute Gasteiger partial charge is 0.353 e. The first-order valence-corrected chi connectivity index (χ1v) is 12.9. The SMILES string of the molecule is COP(=O)(OC)C1N2C(=O)C(NC(=O)C(c3ccccc3)S(=O)(=O)O)[C@@H]2SC1(C)C. The van der Waals surface area contributed by atoms with Crippen LogP contribution in [0.15, 0.2) is 30.3 Å². The van der Waals surface area contributed by atoms with Crippen LogP contribution in [0.1, 0.15) is 24.7 Å². The summed E-state index contributed by atoms with van der Waals surface area (Å²) in [6.07, 6.45) is 0. The first kappa shape index (κ1) is 23.2. The lowest BCUT2D eigenvalue weighted by atomic mass is 10.0. The van der Waals surface area contributed by atoms with Crippen molar-refractivity contribution in [2.75, 3.05) is 14.2 Å². The molecule has 0 spiro atoms. The molecule has 4 atom stereocenters. The Morgan fingerprint density at radius 2 is 1.83 bits per heavy atom. The van der Waals surface area contributed by atoms with Crippen molar-refractivity contribution in [1.29, 1.82) is 0 Å². The Balaban J connectivity index is 1.85. The molecule has 1 aromatic carbocycles. The zero-order chi connectivity index (χ0) is 22.5. The van der Waals surface area contributed by atoms with Crippen molar-refractivity contribution >= 4 is 41.3 Å². The third kappa shape index (κ3) is 3.80. The first-order valence-electron chi connectivity index (χ1n) is 8.90. The molecule has 2 aliphatic rings. The fourth-order valence-corrected chi connectivity index (χ4v) is 8.72. The Morgan fingerprint density at radius 1 is 1.27 bits per heavy atom. The normalized spacial score (nSPS) is 26.6. The van der Waals surface area contributed by atoms with Gasteiger partial charge in [-0.25, -0.2) is 0 Å². The molecule has 3 unspecified atom stereocenters. The van der Waals surface area contributed by atoms with E-state index in [4.69, 9.17) is 9.05 Å². The molecule has 3 rings (SSSR count). The minimum Gasteiger partial charge on any atom is -0.340 e. The average molecular weight is 478 g/mol. The lowest BCUT2D eigenvalue weighted by Crippen LogP contribution is -2.69. The quantitative estimate of drug-likeness (QED) is 0.340. The summed E-state index contributed by atoms with van der Waals surface area (Å²) in [6.45, 7) is 3.56. The van der Waals surface area contributed by atoms with Crippen molar-refractivity contribution in [3.05, 3.63) is 35.9 Å². The van der Waals surface area contributed by atoms with E-state index in [0.717, 1.165) is 0 Å². The summed E-state index contributed by atoms with van der Waals surface area (Å²) in [7, 11) is -5.96. The van der Waals surface area contributed by atoms with Gasteiger partial charge in [-0.2, -0.15) is 8.42 Å². The number of carbonyl (C=O) groups is 2. The Labute approximate surface area is 179 Å². The molecule has 0 aromatic heterocycles. The van der Waals surface area contributed by atoms with E-state index in [9.17, 15) is 27.1 Å². The molecule has 10 nitrogen and oxygen atoms in total.